The van der Waals surface area contributed by atoms with Crippen molar-refractivity contribution in [3.8, 4) is 0 Å². The van der Waals surface area contributed by atoms with Crippen LogP contribution in [-0.4, -0.2) is 49.4 Å². The Balaban J connectivity index is 1.54. The summed E-state index contributed by atoms with van der Waals surface area (Å²) in [6.45, 7) is 9.26. The minimum Gasteiger partial charge on any atom is -0.366 e. The number of nitrogens with one attached hydrogen (secondary N) is 2. The quantitative estimate of drug-likeness (QED) is 0.607. The minimum atomic E-state index is -0.0873. The summed E-state index contributed by atoms with van der Waals surface area (Å²) in [6, 6.07) is 14.3. The third-order valence-electron chi connectivity index (χ3n) is 7.06. The van der Waals surface area contributed by atoms with E-state index in [1.165, 1.54) is 11.1 Å². The average molecular weight is 449 g/mol. The molecule has 1 fully saturated rings. The Hall–Kier alpha value is -2.86. The fraction of sp³-hybridized carbons (Fsp3) is 0.481. The maximum absolute atomic E-state index is 13.3. The highest BCUT2D eigenvalue weighted by molar-refractivity contribution is 6.02. The number of fused-ring (bicyclic) bond motifs is 1. The van der Waals surface area contributed by atoms with Crippen LogP contribution in [0, 0.1) is 5.92 Å². The second-order valence-electron chi connectivity index (χ2n) is 9.07. The molecule has 2 amide bonds. The van der Waals surface area contributed by atoms with Gasteiger partial charge in [-0.05, 0) is 61.7 Å². The van der Waals surface area contributed by atoms with E-state index in [9.17, 15) is 9.59 Å². The van der Waals surface area contributed by atoms with E-state index < -0.39 is 0 Å². The van der Waals surface area contributed by atoms with Gasteiger partial charge in [0.2, 0.25) is 5.91 Å². The van der Waals surface area contributed by atoms with E-state index in [-0.39, 0.29) is 17.7 Å². The molecule has 2 aromatic rings. The molecule has 0 unspecified atom stereocenters. The lowest BCUT2D eigenvalue weighted by atomic mass is 9.85. The number of carbonyl (C=O) groups is 2. The molecular formula is C27H36N4O2. The minimum absolute atomic E-state index is 0.0637. The van der Waals surface area contributed by atoms with Crippen molar-refractivity contribution in [3.05, 3.63) is 59.2 Å². The van der Waals surface area contributed by atoms with Gasteiger partial charge >= 0.3 is 0 Å². The fourth-order valence-corrected chi connectivity index (χ4v) is 4.65. The lowest BCUT2D eigenvalue weighted by Gasteiger charge is -2.32. The van der Waals surface area contributed by atoms with E-state index in [0.717, 1.165) is 64.1 Å². The van der Waals surface area contributed by atoms with Crippen LogP contribution in [0.1, 0.15) is 54.6 Å². The topological polar surface area (TPSA) is 64.7 Å². The number of benzene rings is 2. The molecule has 2 aromatic carbocycles. The molecular weight excluding hydrogens is 412 g/mol. The molecule has 6 nitrogen and oxygen atoms in total. The zero-order valence-electron chi connectivity index (χ0n) is 19.9. The highest BCUT2D eigenvalue weighted by atomic mass is 16.2. The van der Waals surface area contributed by atoms with E-state index >= 15 is 0 Å². The summed E-state index contributed by atoms with van der Waals surface area (Å²) in [5.74, 6) is 0.0826. The molecule has 0 atom stereocenters. The maximum atomic E-state index is 13.3. The largest absolute Gasteiger partial charge is 0.366 e. The second kappa shape index (κ2) is 10.8. The molecule has 1 heterocycles. The highest BCUT2D eigenvalue weighted by Gasteiger charge is 2.26. The number of likely N-dealkylation sites (N-methyl/N-ethyl adjacent to an activating group) is 1. The first kappa shape index (κ1) is 23.3. The third-order valence-corrected chi connectivity index (χ3v) is 7.06. The van der Waals surface area contributed by atoms with Crippen LogP contribution in [0.2, 0.25) is 0 Å². The molecule has 2 aliphatic rings. The standard InChI is InChI=1S/C27H36N4O2/c1-3-30(4-2)17-15-28-27(33)24-18-23(29-26(32)21-10-7-11-21)12-13-25(24)31-16-14-20-8-5-6-9-22(20)19-31/h5-6,8-9,12-13,18,21H,3-4,7,10-11,14-17,19H2,1-2H3,(H,28,33)(H,29,32). The molecule has 1 aliphatic carbocycles. The molecule has 1 aliphatic heterocycles. The van der Waals surface area contributed by atoms with Gasteiger partial charge in [-0.3, -0.25) is 9.59 Å². The van der Waals surface area contributed by atoms with Crippen molar-refractivity contribution in [2.75, 3.05) is 42.9 Å². The fourth-order valence-electron chi connectivity index (χ4n) is 4.65. The molecule has 33 heavy (non-hydrogen) atoms. The van der Waals surface area contributed by atoms with Crippen molar-refractivity contribution < 1.29 is 9.59 Å². The molecule has 4 rings (SSSR count). The van der Waals surface area contributed by atoms with Gasteiger partial charge in [-0.25, -0.2) is 0 Å². The van der Waals surface area contributed by atoms with Crippen molar-refractivity contribution >= 4 is 23.2 Å². The van der Waals surface area contributed by atoms with Crippen molar-refractivity contribution in [3.63, 3.8) is 0 Å². The van der Waals surface area contributed by atoms with Gasteiger partial charge in [-0.15, -0.1) is 0 Å². The summed E-state index contributed by atoms with van der Waals surface area (Å²) in [6.07, 6.45) is 3.98. The second-order valence-corrected chi connectivity index (χ2v) is 9.07. The Bertz CT molecular complexity index is 982. The Morgan fingerprint density at radius 2 is 1.82 bits per heavy atom. The summed E-state index contributed by atoms with van der Waals surface area (Å²) in [5, 5.41) is 6.13. The third kappa shape index (κ3) is 5.56. The molecule has 6 heteroatoms. The lowest BCUT2D eigenvalue weighted by Crippen LogP contribution is -2.36. The molecule has 2 N–H and O–H groups in total. The summed E-state index contributed by atoms with van der Waals surface area (Å²) in [5.41, 5.74) is 4.93. The predicted octanol–water partition coefficient (Wildman–Crippen LogP) is 4.06. The van der Waals surface area contributed by atoms with E-state index in [4.69, 9.17) is 0 Å². The molecule has 0 radical (unpaired) electrons. The van der Waals surface area contributed by atoms with E-state index in [0.29, 0.717) is 17.8 Å². The monoisotopic (exact) mass is 448 g/mol. The van der Waals surface area contributed by atoms with Crippen molar-refractivity contribution in [1.29, 1.82) is 0 Å². The molecule has 0 spiro atoms. The maximum Gasteiger partial charge on any atom is 0.253 e. The lowest BCUT2D eigenvalue weighted by molar-refractivity contribution is -0.122. The van der Waals surface area contributed by atoms with E-state index in [1.807, 2.05) is 18.2 Å². The number of carbonyl (C=O) groups excluding carboxylic acids is 2. The first-order valence-electron chi connectivity index (χ1n) is 12.4. The number of rotatable bonds is 9. The molecule has 0 saturated heterocycles. The van der Waals surface area contributed by atoms with E-state index in [2.05, 4.69) is 58.5 Å². The Morgan fingerprint density at radius 1 is 1.06 bits per heavy atom. The molecule has 0 bridgehead atoms. The number of anilines is 2. The predicted molar refractivity (Wildman–Crippen MR) is 134 cm³/mol. The van der Waals surface area contributed by atoms with Crippen molar-refractivity contribution in [1.82, 2.24) is 10.2 Å². The molecule has 1 saturated carbocycles. The first-order chi connectivity index (χ1) is 16.1. The van der Waals surface area contributed by atoms with Gasteiger partial charge in [0.1, 0.15) is 0 Å². The molecule has 176 valence electrons. The smallest absolute Gasteiger partial charge is 0.253 e. The summed E-state index contributed by atoms with van der Waals surface area (Å²) >= 11 is 0. The van der Waals surface area contributed by atoms with Crippen LogP contribution in [0.25, 0.3) is 0 Å². The summed E-state index contributed by atoms with van der Waals surface area (Å²) in [7, 11) is 0. The van der Waals surface area contributed by atoms with Crippen LogP contribution in [0.4, 0.5) is 11.4 Å². The van der Waals surface area contributed by atoms with Gasteiger partial charge in [-0.1, -0.05) is 44.5 Å². The van der Waals surface area contributed by atoms with Gasteiger partial charge in [0.15, 0.2) is 0 Å². The van der Waals surface area contributed by atoms with Crippen LogP contribution in [0.5, 0.6) is 0 Å². The normalized spacial score (nSPS) is 15.7. The Morgan fingerprint density at radius 3 is 2.52 bits per heavy atom. The van der Waals surface area contributed by atoms with Gasteiger partial charge in [0.05, 0.1) is 5.56 Å². The van der Waals surface area contributed by atoms with Crippen LogP contribution < -0.4 is 15.5 Å². The van der Waals surface area contributed by atoms with Crippen molar-refractivity contribution in [2.24, 2.45) is 5.92 Å². The Labute approximate surface area is 197 Å². The van der Waals surface area contributed by atoms with Gasteiger partial charge in [0.25, 0.3) is 5.91 Å². The summed E-state index contributed by atoms with van der Waals surface area (Å²) < 4.78 is 0. The van der Waals surface area contributed by atoms with E-state index in [1.54, 1.807) is 0 Å². The van der Waals surface area contributed by atoms with Crippen LogP contribution in [0.15, 0.2) is 42.5 Å². The number of nitrogens with zero attached hydrogens (tertiary/aromatic N) is 2. The number of hydrogen-bond acceptors (Lipinski definition) is 4. The van der Waals surface area contributed by atoms with Gasteiger partial charge in [-0.2, -0.15) is 0 Å². The van der Waals surface area contributed by atoms with Crippen molar-refractivity contribution in [2.45, 2.75) is 46.1 Å². The average Bonchev–Trinajstić information content (AvgIpc) is 2.80. The van der Waals surface area contributed by atoms with Crippen LogP contribution in [0.3, 0.4) is 0 Å². The van der Waals surface area contributed by atoms with Crippen LogP contribution in [-0.2, 0) is 17.8 Å². The highest BCUT2D eigenvalue weighted by Crippen LogP contribution is 2.31. The zero-order valence-corrected chi connectivity index (χ0v) is 19.9. The zero-order chi connectivity index (χ0) is 23.2. The van der Waals surface area contributed by atoms with Gasteiger partial charge < -0.3 is 20.4 Å². The first-order valence-corrected chi connectivity index (χ1v) is 12.4. The van der Waals surface area contributed by atoms with Gasteiger partial charge in [0, 0.05) is 43.5 Å². The summed E-state index contributed by atoms with van der Waals surface area (Å²) in [4.78, 5) is 30.3. The number of amides is 2. The number of hydrogen-bond donors (Lipinski definition) is 2. The SMILES string of the molecule is CCN(CC)CCNC(=O)c1cc(NC(=O)C2CCC2)ccc1N1CCc2ccccc2C1. The molecule has 0 aromatic heterocycles. The van der Waals surface area contributed by atoms with Crippen LogP contribution >= 0.6 is 0 Å². The Kier molecular flexibility index (Phi) is 7.65.